The summed E-state index contributed by atoms with van der Waals surface area (Å²) in [6.45, 7) is 3.84. The number of carbonyl (C=O) groups excluding carboxylic acids is 1. The van der Waals surface area contributed by atoms with Crippen molar-refractivity contribution in [3.8, 4) is 5.75 Å². The smallest absolute Gasteiger partial charge is 0.260 e. The number of ether oxygens (including phenoxy) is 1. The molecule has 1 aromatic carbocycles. The number of thiocarbonyl (C=S) groups is 1. The Morgan fingerprint density at radius 1 is 1.61 bits per heavy atom. The van der Waals surface area contributed by atoms with Gasteiger partial charge in [0.2, 0.25) is 0 Å². The van der Waals surface area contributed by atoms with Gasteiger partial charge in [-0.25, -0.2) is 4.39 Å². The zero-order valence-corrected chi connectivity index (χ0v) is 11.0. The van der Waals surface area contributed by atoms with Gasteiger partial charge in [-0.2, -0.15) is 0 Å². The molecule has 0 heterocycles. The van der Waals surface area contributed by atoms with Crippen LogP contribution in [0.3, 0.4) is 0 Å². The molecule has 0 saturated heterocycles. The van der Waals surface area contributed by atoms with Crippen molar-refractivity contribution in [2.45, 2.75) is 20.0 Å². The predicted octanol–water partition coefficient (Wildman–Crippen LogP) is 1.36. The largest absolute Gasteiger partial charge is 0.478 e. The van der Waals surface area contributed by atoms with Crippen LogP contribution in [0.15, 0.2) is 18.2 Å². The zero-order valence-electron chi connectivity index (χ0n) is 10.2. The second kappa shape index (κ2) is 6.30. The number of likely N-dealkylation sites (N-methyl/N-ethyl adjacent to an activating group) is 1. The Morgan fingerprint density at radius 3 is 2.78 bits per heavy atom. The molecule has 6 heteroatoms. The molecule has 98 valence electrons. The minimum Gasteiger partial charge on any atom is -0.478 e. The number of carbonyl (C=O) groups is 1. The number of hydrogen-bond donors (Lipinski definition) is 2. The molecule has 1 amide bonds. The van der Waals surface area contributed by atoms with E-state index in [2.05, 4.69) is 5.32 Å². The lowest BCUT2D eigenvalue weighted by Gasteiger charge is -2.14. The molecule has 0 bridgehead atoms. The summed E-state index contributed by atoms with van der Waals surface area (Å²) in [4.78, 5) is 11.5. The van der Waals surface area contributed by atoms with Crippen LogP contribution in [0.2, 0.25) is 0 Å². The van der Waals surface area contributed by atoms with Gasteiger partial charge in [-0.15, -0.1) is 0 Å². The molecule has 1 atom stereocenters. The molecule has 4 nitrogen and oxygen atoms in total. The molecule has 3 N–H and O–H groups in total. The van der Waals surface area contributed by atoms with E-state index in [1.165, 1.54) is 12.1 Å². The fraction of sp³-hybridized carbons (Fsp3) is 0.333. The first-order chi connectivity index (χ1) is 8.45. The van der Waals surface area contributed by atoms with Gasteiger partial charge in [0.15, 0.2) is 17.7 Å². The Hall–Kier alpha value is -1.69. The Morgan fingerprint density at radius 2 is 2.28 bits per heavy atom. The molecule has 18 heavy (non-hydrogen) atoms. The number of nitrogens with two attached hydrogens (primary N) is 1. The standard InChI is InChI=1S/C12H15FN2O2S/c1-3-15-12(16)7(2)17-10-5-4-8(11(14)18)6-9(10)13/h4-7H,3H2,1-2H3,(H2,14,18)(H,15,16). The third-order valence-corrected chi connectivity index (χ3v) is 2.48. The number of nitrogens with one attached hydrogen (secondary N) is 1. The summed E-state index contributed by atoms with van der Waals surface area (Å²) in [5, 5.41) is 2.59. The van der Waals surface area contributed by atoms with Crippen molar-refractivity contribution in [2.24, 2.45) is 5.73 Å². The second-order valence-corrected chi connectivity index (χ2v) is 4.10. The highest BCUT2D eigenvalue weighted by molar-refractivity contribution is 7.80. The van der Waals surface area contributed by atoms with Gasteiger partial charge in [0.1, 0.15) is 4.99 Å². The summed E-state index contributed by atoms with van der Waals surface area (Å²) in [5.41, 5.74) is 5.80. The van der Waals surface area contributed by atoms with E-state index in [1.807, 2.05) is 0 Å². The molecular formula is C12H15FN2O2S. The maximum Gasteiger partial charge on any atom is 0.260 e. The van der Waals surface area contributed by atoms with Gasteiger partial charge in [0.25, 0.3) is 5.91 Å². The van der Waals surface area contributed by atoms with Crippen molar-refractivity contribution >= 4 is 23.1 Å². The highest BCUT2D eigenvalue weighted by Crippen LogP contribution is 2.19. The molecule has 1 unspecified atom stereocenters. The van der Waals surface area contributed by atoms with Gasteiger partial charge in [0.05, 0.1) is 0 Å². The summed E-state index contributed by atoms with van der Waals surface area (Å²) in [5.74, 6) is -0.902. The van der Waals surface area contributed by atoms with Crippen LogP contribution < -0.4 is 15.8 Å². The maximum atomic E-state index is 13.6. The molecule has 0 radical (unpaired) electrons. The fourth-order valence-corrected chi connectivity index (χ4v) is 1.44. The first-order valence-corrected chi connectivity index (χ1v) is 5.90. The summed E-state index contributed by atoms with van der Waals surface area (Å²) < 4.78 is 18.9. The lowest BCUT2D eigenvalue weighted by molar-refractivity contribution is -0.127. The van der Waals surface area contributed by atoms with Gasteiger partial charge in [-0.1, -0.05) is 12.2 Å². The topological polar surface area (TPSA) is 64.3 Å². The fourth-order valence-electron chi connectivity index (χ4n) is 1.31. The normalized spacial score (nSPS) is 11.7. The molecule has 0 aliphatic rings. The van der Waals surface area contributed by atoms with Gasteiger partial charge in [0, 0.05) is 12.1 Å². The Bertz CT molecular complexity index is 465. The molecular weight excluding hydrogens is 255 g/mol. The number of amides is 1. The molecule has 0 aliphatic heterocycles. The minimum atomic E-state index is -0.768. The van der Waals surface area contributed by atoms with Crippen LogP contribution in [0.4, 0.5) is 4.39 Å². The lowest BCUT2D eigenvalue weighted by Crippen LogP contribution is -2.36. The Kier molecular flexibility index (Phi) is 5.03. The van der Waals surface area contributed by atoms with E-state index in [0.29, 0.717) is 12.1 Å². The van der Waals surface area contributed by atoms with Crippen LogP contribution in [0.1, 0.15) is 19.4 Å². The van der Waals surface area contributed by atoms with Crippen molar-refractivity contribution in [3.63, 3.8) is 0 Å². The monoisotopic (exact) mass is 270 g/mol. The van der Waals surface area contributed by atoms with E-state index in [1.54, 1.807) is 19.9 Å². The van der Waals surface area contributed by atoms with Gasteiger partial charge in [-0.05, 0) is 32.0 Å². The number of benzene rings is 1. The van der Waals surface area contributed by atoms with Gasteiger partial charge < -0.3 is 15.8 Å². The maximum absolute atomic E-state index is 13.6. The van der Waals surface area contributed by atoms with E-state index in [4.69, 9.17) is 22.7 Å². The average Bonchev–Trinajstić information content (AvgIpc) is 2.31. The lowest BCUT2D eigenvalue weighted by atomic mass is 10.2. The molecule has 1 aromatic rings. The highest BCUT2D eigenvalue weighted by Gasteiger charge is 2.16. The van der Waals surface area contributed by atoms with Crippen LogP contribution in [-0.4, -0.2) is 23.5 Å². The van der Waals surface area contributed by atoms with Crippen LogP contribution in [0, 0.1) is 5.82 Å². The van der Waals surface area contributed by atoms with Crippen LogP contribution in [-0.2, 0) is 4.79 Å². The Balaban J connectivity index is 2.79. The third-order valence-electron chi connectivity index (χ3n) is 2.24. The molecule has 0 aromatic heterocycles. The summed E-state index contributed by atoms with van der Waals surface area (Å²) in [6, 6.07) is 4.13. The Labute approximate surface area is 110 Å². The van der Waals surface area contributed by atoms with E-state index in [9.17, 15) is 9.18 Å². The van der Waals surface area contributed by atoms with E-state index in [-0.39, 0.29) is 16.6 Å². The van der Waals surface area contributed by atoms with Crippen LogP contribution in [0.5, 0.6) is 5.75 Å². The second-order valence-electron chi connectivity index (χ2n) is 3.66. The summed E-state index contributed by atoms with van der Waals surface area (Å²) in [7, 11) is 0. The van der Waals surface area contributed by atoms with Crippen LogP contribution in [0.25, 0.3) is 0 Å². The van der Waals surface area contributed by atoms with Crippen molar-refractivity contribution < 1.29 is 13.9 Å². The molecule has 0 fully saturated rings. The average molecular weight is 270 g/mol. The molecule has 0 aliphatic carbocycles. The first-order valence-electron chi connectivity index (χ1n) is 5.49. The van der Waals surface area contributed by atoms with E-state index in [0.717, 1.165) is 0 Å². The minimum absolute atomic E-state index is 0.00578. The van der Waals surface area contributed by atoms with Crippen molar-refractivity contribution in [3.05, 3.63) is 29.6 Å². The van der Waals surface area contributed by atoms with Crippen molar-refractivity contribution in [2.75, 3.05) is 6.54 Å². The molecule has 0 saturated carbocycles. The SMILES string of the molecule is CCNC(=O)C(C)Oc1ccc(C(N)=S)cc1F. The van der Waals surface area contributed by atoms with Crippen molar-refractivity contribution in [1.82, 2.24) is 5.32 Å². The number of halogens is 1. The first kappa shape index (κ1) is 14.4. The van der Waals surface area contributed by atoms with Gasteiger partial charge in [-0.3, -0.25) is 4.79 Å². The van der Waals surface area contributed by atoms with Gasteiger partial charge >= 0.3 is 0 Å². The third kappa shape index (κ3) is 3.66. The molecule has 1 rings (SSSR count). The highest BCUT2D eigenvalue weighted by atomic mass is 32.1. The van der Waals surface area contributed by atoms with E-state index >= 15 is 0 Å². The quantitative estimate of drug-likeness (QED) is 0.793. The van der Waals surface area contributed by atoms with E-state index < -0.39 is 11.9 Å². The number of hydrogen-bond acceptors (Lipinski definition) is 3. The predicted molar refractivity (Wildman–Crippen MR) is 71.1 cm³/mol. The number of rotatable bonds is 5. The van der Waals surface area contributed by atoms with Crippen LogP contribution >= 0.6 is 12.2 Å². The van der Waals surface area contributed by atoms with Crippen molar-refractivity contribution in [1.29, 1.82) is 0 Å². The summed E-state index contributed by atoms with van der Waals surface area (Å²) in [6.07, 6.45) is -0.768. The summed E-state index contributed by atoms with van der Waals surface area (Å²) >= 11 is 4.73. The zero-order chi connectivity index (χ0) is 13.7. The molecule has 0 spiro atoms.